The molecule has 4 atom stereocenters. The van der Waals surface area contributed by atoms with E-state index in [1.165, 1.54) is 12.8 Å². The minimum Gasteiger partial charge on any atom is -0.0622 e. The highest BCUT2D eigenvalue weighted by Gasteiger charge is 3.03. The van der Waals surface area contributed by atoms with E-state index in [4.69, 9.17) is 0 Å². The van der Waals surface area contributed by atoms with Crippen LogP contribution >= 0.6 is 0 Å². The zero-order chi connectivity index (χ0) is 16.7. The Kier molecular flexibility index (Phi) is 2.36. The van der Waals surface area contributed by atoms with Crippen LogP contribution in [0.4, 0.5) is 0 Å². The number of fused-ring (bicyclic) bond motifs is 2. The van der Waals surface area contributed by atoms with Gasteiger partial charge in [0.25, 0.3) is 0 Å². The minimum absolute atomic E-state index is 0.288. The topological polar surface area (TPSA) is 0 Å². The van der Waals surface area contributed by atoms with E-state index in [-0.39, 0.29) is 5.41 Å². The molecular formula is C25H22. The third-order valence-electron chi connectivity index (χ3n) is 7.92. The van der Waals surface area contributed by atoms with Crippen LogP contribution in [0.2, 0.25) is 0 Å². The SMILES string of the molecule is C[C@H]1[C@]23Cc4ccccc4C[C@@]2(c2ccccc2)[C@]13c1ccccc1. The van der Waals surface area contributed by atoms with Gasteiger partial charge in [0.2, 0.25) is 0 Å². The minimum atomic E-state index is 0.288. The van der Waals surface area contributed by atoms with E-state index in [1.807, 2.05) is 0 Å². The first-order valence-electron chi connectivity index (χ1n) is 9.47. The van der Waals surface area contributed by atoms with Crippen LogP contribution in [0, 0.1) is 11.3 Å². The van der Waals surface area contributed by atoms with E-state index in [0.717, 1.165) is 5.92 Å². The summed E-state index contributed by atoms with van der Waals surface area (Å²) in [6.07, 6.45) is 2.42. The molecule has 0 aliphatic heterocycles. The van der Waals surface area contributed by atoms with Crippen LogP contribution in [-0.4, -0.2) is 0 Å². The third-order valence-corrected chi connectivity index (χ3v) is 7.92. The van der Waals surface area contributed by atoms with Crippen molar-refractivity contribution in [3.8, 4) is 0 Å². The van der Waals surface area contributed by atoms with Crippen molar-refractivity contribution in [1.82, 2.24) is 0 Å². The van der Waals surface area contributed by atoms with Gasteiger partial charge in [0.05, 0.1) is 0 Å². The van der Waals surface area contributed by atoms with Crippen molar-refractivity contribution in [2.45, 2.75) is 30.6 Å². The molecule has 2 fully saturated rings. The fourth-order valence-electron chi connectivity index (χ4n) is 7.14. The van der Waals surface area contributed by atoms with E-state index in [9.17, 15) is 0 Å². The van der Waals surface area contributed by atoms with Crippen LogP contribution in [0.25, 0.3) is 0 Å². The lowest BCUT2D eigenvalue weighted by molar-refractivity contribution is 0.300. The maximum Gasteiger partial charge on any atom is 0.0170 e. The second-order valence-corrected chi connectivity index (χ2v) is 8.26. The molecule has 0 bridgehead atoms. The first kappa shape index (κ1) is 13.9. The number of rotatable bonds is 2. The highest BCUT2D eigenvalue weighted by atomic mass is 15.0. The van der Waals surface area contributed by atoms with Gasteiger partial charge in [0, 0.05) is 10.8 Å². The standard InChI is InChI=1S/C25H22/c1-18-23-16-19-10-8-9-11-20(19)17-24(23,21-12-4-2-5-13-21)25(18,23)22-14-6-3-7-15-22/h2-15,18H,16-17H2,1H3/t18-,23+,24-,25-/m0/s1. The van der Waals surface area contributed by atoms with E-state index in [1.54, 1.807) is 22.3 Å². The molecule has 0 unspecified atom stereocenters. The molecule has 3 aliphatic rings. The molecule has 0 heterocycles. The molecular weight excluding hydrogens is 300 g/mol. The average Bonchev–Trinajstić information content (AvgIpc) is 3.47. The van der Waals surface area contributed by atoms with Gasteiger partial charge in [0.1, 0.15) is 0 Å². The van der Waals surface area contributed by atoms with Crippen LogP contribution < -0.4 is 0 Å². The molecule has 0 radical (unpaired) electrons. The first-order valence-corrected chi connectivity index (χ1v) is 9.47. The lowest BCUT2D eigenvalue weighted by atomic mass is 9.64. The highest BCUT2D eigenvalue weighted by molar-refractivity contribution is 5.72. The molecule has 3 aromatic carbocycles. The quantitative estimate of drug-likeness (QED) is 0.600. The van der Waals surface area contributed by atoms with Gasteiger partial charge in [-0.05, 0) is 46.4 Å². The molecule has 0 amide bonds. The van der Waals surface area contributed by atoms with Gasteiger partial charge in [-0.2, -0.15) is 0 Å². The third kappa shape index (κ3) is 1.26. The monoisotopic (exact) mass is 322 g/mol. The van der Waals surface area contributed by atoms with Gasteiger partial charge in [-0.15, -0.1) is 0 Å². The molecule has 25 heavy (non-hydrogen) atoms. The van der Waals surface area contributed by atoms with Crippen LogP contribution in [-0.2, 0) is 23.7 Å². The summed E-state index contributed by atoms with van der Waals surface area (Å²) in [5, 5.41) is 0. The Morgan fingerprint density at radius 3 is 1.80 bits per heavy atom. The molecule has 0 aromatic heterocycles. The molecule has 0 N–H and O–H groups in total. The van der Waals surface area contributed by atoms with E-state index >= 15 is 0 Å². The van der Waals surface area contributed by atoms with Crippen molar-refractivity contribution >= 4 is 0 Å². The maximum atomic E-state index is 2.49. The largest absolute Gasteiger partial charge is 0.0622 e. The molecule has 3 aromatic rings. The smallest absolute Gasteiger partial charge is 0.0170 e. The zero-order valence-corrected chi connectivity index (χ0v) is 14.6. The Morgan fingerprint density at radius 1 is 0.640 bits per heavy atom. The molecule has 0 nitrogen and oxygen atoms in total. The van der Waals surface area contributed by atoms with Gasteiger partial charge in [-0.3, -0.25) is 0 Å². The molecule has 122 valence electrons. The molecule has 2 saturated carbocycles. The van der Waals surface area contributed by atoms with Crippen molar-refractivity contribution in [1.29, 1.82) is 0 Å². The van der Waals surface area contributed by atoms with Gasteiger partial charge in [-0.25, -0.2) is 0 Å². The van der Waals surface area contributed by atoms with Crippen LogP contribution in [0.3, 0.4) is 0 Å². The lowest BCUT2D eigenvalue weighted by Gasteiger charge is -2.39. The predicted molar refractivity (Wildman–Crippen MR) is 102 cm³/mol. The Bertz CT molecular complexity index is 973. The van der Waals surface area contributed by atoms with E-state index in [2.05, 4.69) is 91.9 Å². The second-order valence-electron chi connectivity index (χ2n) is 8.26. The van der Waals surface area contributed by atoms with E-state index in [0.29, 0.717) is 10.8 Å². The van der Waals surface area contributed by atoms with Gasteiger partial charge >= 0.3 is 0 Å². The molecule has 3 aliphatic carbocycles. The second kappa shape index (κ2) is 4.25. The van der Waals surface area contributed by atoms with Gasteiger partial charge < -0.3 is 0 Å². The summed E-state index contributed by atoms with van der Waals surface area (Å²) in [5.41, 5.74) is 7.27. The van der Waals surface area contributed by atoms with Crippen molar-refractivity contribution in [3.63, 3.8) is 0 Å². The van der Waals surface area contributed by atoms with E-state index < -0.39 is 0 Å². The average molecular weight is 322 g/mol. The summed E-state index contributed by atoms with van der Waals surface area (Å²) < 4.78 is 0. The summed E-state index contributed by atoms with van der Waals surface area (Å²) in [7, 11) is 0. The number of hydrogen-bond acceptors (Lipinski definition) is 0. The molecule has 6 rings (SSSR count). The molecule has 1 spiro atoms. The molecule has 0 heteroatoms. The summed E-state index contributed by atoms with van der Waals surface area (Å²) in [6.45, 7) is 2.49. The van der Waals surface area contributed by atoms with Crippen molar-refractivity contribution in [3.05, 3.63) is 107 Å². The Labute approximate surface area is 149 Å². The summed E-state index contributed by atoms with van der Waals surface area (Å²) in [4.78, 5) is 0. The fourth-order valence-corrected chi connectivity index (χ4v) is 7.14. The van der Waals surface area contributed by atoms with Crippen LogP contribution in [0.5, 0.6) is 0 Å². The lowest BCUT2D eigenvalue weighted by Crippen LogP contribution is -2.38. The Morgan fingerprint density at radius 2 is 1.16 bits per heavy atom. The first-order chi connectivity index (χ1) is 12.3. The Hall–Kier alpha value is -2.34. The van der Waals surface area contributed by atoms with Crippen molar-refractivity contribution < 1.29 is 0 Å². The summed E-state index contributed by atoms with van der Waals surface area (Å²) in [5.74, 6) is 0.760. The summed E-state index contributed by atoms with van der Waals surface area (Å²) in [6, 6.07) is 31.8. The normalized spacial score (nSPS) is 36.8. The predicted octanol–water partition coefficient (Wildman–Crippen LogP) is 5.31. The van der Waals surface area contributed by atoms with Crippen LogP contribution in [0.15, 0.2) is 84.9 Å². The van der Waals surface area contributed by atoms with Gasteiger partial charge in [-0.1, -0.05) is 91.9 Å². The van der Waals surface area contributed by atoms with Crippen molar-refractivity contribution in [2.24, 2.45) is 11.3 Å². The number of hydrogen-bond donors (Lipinski definition) is 0. The maximum absolute atomic E-state index is 2.49. The zero-order valence-electron chi connectivity index (χ0n) is 14.6. The number of benzene rings is 3. The Balaban J connectivity index is 1.62. The van der Waals surface area contributed by atoms with Crippen molar-refractivity contribution in [2.75, 3.05) is 0 Å². The van der Waals surface area contributed by atoms with Crippen LogP contribution in [0.1, 0.15) is 29.2 Å². The fraction of sp³-hybridized carbons (Fsp3) is 0.280. The molecule has 0 saturated heterocycles. The van der Waals surface area contributed by atoms with Gasteiger partial charge in [0.15, 0.2) is 0 Å². The summed E-state index contributed by atoms with van der Waals surface area (Å²) >= 11 is 0. The highest BCUT2D eigenvalue weighted by Crippen LogP contribution is 3.01.